The molecule has 3 amide bonds. The summed E-state index contributed by atoms with van der Waals surface area (Å²) < 4.78 is 7.35. The molecule has 0 bridgehead atoms. The fourth-order valence-electron chi connectivity index (χ4n) is 3.14. The maximum absolute atomic E-state index is 12.1. The van der Waals surface area contributed by atoms with Crippen molar-refractivity contribution in [3.8, 4) is 22.1 Å². The molecule has 0 atom stereocenters. The molecule has 4 heterocycles. The van der Waals surface area contributed by atoms with Gasteiger partial charge in [0.2, 0.25) is 11.8 Å². The van der Waals surface area contributed by atoms with Gasteiger partial charge in [-0.15, -0.1) is 0 Å². The highest BCUT2D eigenvalue weighted by Gasteiger charge is 2.27. The van der Waals surface area contributed by atoms with Crippen molar-refractivity contribution in [1.29, 1.82) is 0 Å². The van der Waals surface area contributed by atoms with Crippen LogP contribution < -0.4 is 20.3 Å². The van der Waals surface area contributed by atoms with Crippen LogP contribution in [0.5, 0.6) is 11.6 Å². The third-order valence-corrected chi connectivity index (χ3v) is 6.06. The predicted molar refractivity (Wildman–Crippen MR) is 125 cm³/mol. The molecule has 1 aliphatic heterocycles. The van der Waals surface area contributed by atoms with E-state index in [0.29, 0.717) is 29.6 Å². The molecule has 0 saturated carbocycles. The van der Waals surface area contributed by atoms with Crippen LogP contribution in [0.25, 0.3) is 10.4 Å². The van der Waals surface area contributed by atoms with Gasteiger partial charge in [-0.1, -0.05) is 11.3 Å². The molecule has 10 nitrogen and oxygen atoms in total. The number of anilines is 3. The lowest BCUT2D eigenvalue weighted by molar-refractivity contribution is -0.122. The van der Waals surface area contributed by atoms with E-state index < -0.39 is 6.03 Å². The van der Waals surface area contributed by atoms with Gasteiger partial charge < -0.3 is 10.1 Å². The zero-order valence-electron chi connectivity index (χ0n) is 17.6. The van der Waals surface area contributed by atoms with Crippen LogP contribution in [0.1, 0.15) is 6.42 Å². The molecule has 1 aromatic carbocycles. The molecule has 0 radical (unpaired) electrons. The Balaban J connectivity index is 1.18. The first-order valence-corrected chi connectivity index (χ1v) is 10.9. The second-order valence-corrected chi connectivity index (χ2v) is 8.24. The number of hydrogen-bond donors (Lipinski definition) is 2. The topological polar surface area (TPSA) is 114 Å². The number of thiazole rings is 1. The molecular formula is C22H19N7O3S. The normalized spacial score (nSPS) is 12.9. The van der Waals surface area contributed by atoms with E-state index in [2.05, 4.69) is 25.7 Å². The Morgan fingerprint density at radius 1 is 1.06 bits per heavy atom. The molecule has 1 saturated heterocycles. The Morgan fingerprint density at radius 3 is 2.55 bits per heavy atom. The number of amides is 3. The number of aromatic nitrogens is 4. The third-order valence-electron chi connectivity index (χ3n) is 4.99. The number of ether oxygens (including phenoxy) is 1. The fraction of sp³-hybridized carbons (Fsp3) is 0.136. The van der Waals surface area contributed by atoms with Gasteiger partial charge in [-0.3, -0.25) is 19.7 Å². The van der Waals surface area contributed by atoms with Crippen molar-refractivity contribution in [2.45, 2.75) is 6.42 Å². The molecule has 0 aliphatic carbocycles. The van der Waals surface area contributed by atoms with E-state index in [-0.39, 0.29) is 5.91 Å². The number of carbonyl (C=O) groups is 2. The van der Waals surface area contributed by atoms with Crippen molar-refractivity contribution in [2.75, 3.05) is 22.1 Å². The van der Waals surface area contributed by atoms with Crippen molar-refractivity contribution in [3.63, 3.8) is 0 Å². The monoisotopic (exact) mass is 461 g/mol. The van der Waals surface area contributed by atoms with Crippen LogP contribution in [-0.2, 0) is 11.8 Å². The molecule has 2 N–H and O–H groups in total. The van der Waals surface area contributed by atoms with E-state index in [9.17, 15) is 9.59 Å². The second kappa shape index (κ2) is 8.71. The molecule has 0 unspecified atom stereocenters. The van der Waals surface area contributed by atoms with Crippen LogP contribution in [0.4, 0.5) is 21.4 Å². The van der Waals surface area contributed by atoms with E-state index in [1.54, 1.807) is 47.2 Å². The summed E-state index contributed by atoms with van der Waals surface area (Å²) in [7, 11) is 1.74. The van der Waals surface area contributed by atoms with E-state index >= 15 is 0 Å². The van der Waals surface area contributed by atoms with Crippen LogP contribution >= 0.6 is 11.3 Å². The van der Waals surface area contributed by atoms with Crippen LogP contribution in [0.15, 0.2) is 61.1 Å². The molecule has 11 heteroatoms. The predicted octanol–water partition coefficient (Wildman–Crippen LogP) is 4.11. The Labute approximate surface area is 192 Å². The minimum absolute atomic E-state index is 0.113. The fourth-order valence-corrected chi connectivity index (χ4v) is 4.10. The Morgan fingerprint density at radius 2 is 1.91 bits per heavy atom. The lowest BCUT2D eigenvalue weighted by Crippen LogP contribution is -2.43. The Bertz CT molecular complexity index is 1300. The van der Waals surface area contributed by atoms with Gasteiger partial charge in [-0.25, -0.2) is 14.8 Å². The van der Waals surface area contributed by atoms with Gasteiger partial charge in [0.1, 0.15) is 11.6 Å². The maximum atomic E-state index is 12.1. The summed E-state index contributed by atoms with van der Waals surface area (Å²) in [5.41, 5.74) is 1.52. The number of nitrogens with zero attached hydrogens (tertiary/aromatic N) is 5. The first-order valence-electron chi connectivity index (χ1n) is 10.1. The number of hydrogen-bond acceptors (Lipinski definition) is 7. The van der Waals surface area contributed by atoms with Crippen LogP contribution in [0.2, 0.25) is 0 Å². The molecular weight excluding hydrogens is 442 g/mol. The van der Waals surface area contributed by atoms with Gasteiger partial charge in [0.05, 0.1) is 23.0 Å². The minimum atomic E-state index is -0.394. The molecule has 1 fully saturated rings. The van der Waals surface area contributed by atoms with Gasteiger partial charge in [0.15, 0.2) is 5.13 Å². The standard InChI is InChI=1S/C22H19N7O3S/c1-28-18(8-10-25-28)27-21(31)26-15-4-7-19(23-12-15)32-16-5-2-14(3-6-16)17-13-24-22(33-17)29-11-9-20(29)30/h2-8,10,12-13H,9,11H2,1H3,(H2,26,27,31). The summed E-state index contributed by atoms with van der Waals surface area (Å²) in [5.74, 6) is 1.72. The smallest absolute Gasteiger partial charge is 0.324 e. The van der Waals surface area contributed by atoms with Gasteiger partial charge in [-0.2, -0.15) is 5.10 Å². The molecule has 166 valence electrons. The molecule has 0 spiro atoms. The lowest BCUT2D eigenvalue weighted by atomic mass is 10.2. The van der Waals surface area contributed by atoms with Crippen LogP contribution in [0.3, 0.4) is 0 Å². The summed E-state index contributed by atoms with van der Waals surface area (Å²) in [6.45, 7) is 0.731. The summed E-state index contributed by atoms with van der Waals surface area (Å²) in [6.07, 6.45) is 5.48. The highest BCUT2D eigenvalue weighted by Crippen LogP contribution is 2.34. The minimum Gasteiger partial charge on any atom is -0.439 e. The van der Waals surface area contributed by atoms with E-state index in [1.165, 1.54) is 17.5 Å². The van der Waals surface area contributed by atoms with Crippen molar-refractivity contribution < 1.29 is 14.3 Å². The van der Waals surface area contributed by atoms with E-state index in [1.807, 2.05) is 24.3 Å². The summed E-state index contributed by atoms with van der Waals surface area (Å²) in [6, 6.07) is 12.2. The number of aryl methyl sites for hydroxylation is 1. The average Bonchev–Trinajstić information content (AvgIpc) is 3.44. The highest BCUT2D eigenvalue weighted by molar-refractivity contribution is 7.19. The highest BCUT2D eigenvalue weighted by atomic mass is 32.1. The zero-order valence-corrected chi connectivity index (χ0v) is 18.4. The number of carbonyl (C=O) groups excluding carboxylic acids is 2. The second-order valence-electron chi connectivity index (χ2n) is 7.23. The number of pyridine rings is 1. The zero-order chi connectivity index (χ0) is 22.8. The Kier molecular flexibility index (Phi) is 5.45. The molecule has 33 heavy (non-hydrogen) atoms. The van der Waals surface area contributed by atoms with Gasteiger partial charge >= 0.3 is 6.03 Å². The average molecular weight is 462 g/mol. The van der Waals surface area contributed by atoms with Crippen molar-refractivity contribution in [1.82, 2.24) is 19.7 Å². The largest absolute Gasteiger partial charge is 0.439 e. The summed E-state index contributed by atoms with van der Waals surface area (Å²) >= 11 is 1.49. The van der Waals surface area contributed by atoms with Crippen molar-refractivity contribution >= 4 is 39.9 Å². The third kappa shape index (κ3) is 4.53. The number of rotatable bonds is 6. The molecule has 4 aromatic rings. The Hall–Kier alpha value is -4.25. The van der Waals surface area contributed by atoms with Gasteiger partial charge in [-0.05, 0) is 35.9 Å². The first-order chi connectivity index (χ1) is 16.0. The van der Waals surface area contributed by atoms with Crippen molar-refractivity contribution in [2.24, 2.45) is 7.05 Å². The number of benzene rings is 1. The SMILES string of the molecule is Cn1nccc1NC(=O)Nc1ccc(Oc2ccc(-c3cnc(N4CCC4=O)s3)cc2)nc1. The number of nitrogens with one attached hydrogen (secondary N) is 2. The van der Waals surface area contributed by atoms with Crippen LogP contribution in [0, 0.1) is 0 Å². The van der Waals surface area contributed by atoms with E-state index in [4.69, 9.17) is 4.74 Å². The van der Waals surface area contributed by atoms with Crippen LogP contribution in [-0.4, -0.2) is 38.2 Å². The first kappa shape index (κ1) is 20.6. The van der Waals surface area contributed by atoms with Gasteiger partial charge in [0, 0.05) is 38.3 Å². The molecule has 3 aromatic heterocycles. The number of β-lactam (4-membered cyclic amide) rings is 1. The van der Waals surface area contributed by atoms with Gasteiger partial charge in [0.25, 0.3) is 0 Å². The van der Waals surface area contributed by atoms with E-state index in [0.717, 1.165) is 22.1 Å². The summed E-state index contributed by atoms with van der Waals surface area (Å²) in [4.78, 5) is 34.9. The lowest BCUT2D eigenvalue weighted by Gasteiger charge is -2.27. The maximum Gasteiger partial charge on any atom is 0.324 e. The summed E-state index contributed by atoms with van der Waals surface area (Å²) in [5, 5.41) is 10.1. The number of urea groups is 1. The van der Waals surface area contributed by atoms with Crippen molar-refractivity contribution in [3.05, 3.63) is 61.1 Å². The molecule has 1 aliphatic rings. The molecule has 5 rings (SSSR count). The quantitative estimate of drug-likeness (QED) is 0.418.